The lowest BCUT2D eigenvalue weighted by molar-refractivity contribution is -0.274. The third kappa shape index (κ3) is 4.14. The first-order valence-corrected chi connectivity index (χ1v) is 9.07. The van der Waals surface area contributed by atoms with Crippen LogP contribution in [0.4, 0.5) is 18.9 Å². The number of nitrogens with one attached hydrogen (secondary N) is 2. The molecule has 0 aliphatic rings. The van der Waals surface area contributed by atoms with Crippen LogP contribution >= 0.6 is 0 Å². The zero-order valence-electron chi connectivity index (χ0n) is 15.8. The molecule has 0 saturated carbocycles. The molecule has 9 heteroatoms. The van der Waals surface area contributed by atoms with Crippen molar-refractivity contribution in [3.63, 3.8) is 0 Å². The van der Waals surface area contributed by atoms with Crippen LogP contribution in [0.2, 0.25) is 0 Å². The van der Waals surface area contributed by atoms with Crippen molar-refractivity contribution in [2.45, 2.75) is 19.8 Å². The number of H-pyrrole nitrogens is 1. The van der Waals surface area contributed by atoms with Crippen molar-refractivity contribution < 1.29 is 17.9 Å². The fourth-order valence-corrected chi connectivity index (χ4v) is 3.12. The summed E-state index contributed by atoms with van der Waals surface area (Å²) in [5.41, 5.74) is 2.96. The standard InChI is InChI=1S/C21H17F3N4O2/c1-13-18-11-14(12-25-15-7-9-17(10-8-15)30-21(22,23)24)20(29)26-19(18)28(27-13)16-5-3-2-4-6-16/h2-11,25H,12H2,1H3,(H,26,29). The van der Waals surface area contributed by atoms with Gasteiger partial charge in [-0.25, -0.2) is 4.68 Å². The topological polar surface area (TPSA) is 71.9 Å². The number of halogens is 3. The van der Waals surface area contributed by atoms with Crippen LogP contribution in [-0.4, -0.2) is 21.1 Å². The van der Waals surface area contributed by atoms with Gasteiger partial charge in [-0.2, -0.15) is 5.10 Å². The Morgan fingerprint density at radius 2 is 1.80 bits per heavy atom. The molecule has 0 radical (unpaired) electrons. The molecule has 0 saturated heterocycles. The van der Waals surface area contributed by atoms with Gasteiger partial charge in [0.1, 0.15) is 11.4 Å². The molecular formula is C21H17F3N4O2. The summed E-state index contributed by atoms with van der Waals surface area (Å²) >= 11 is 0. The third-order valence-electron chi connectivity index (χ3n) is 4.52. The SMILES string of the molecule is Cc1nn(-c2ccccc2)c2[nH]c(=O)c(CNc3ccc(OC(F)(F)F)cc3)cc12. The Hall–Kier alpha value is -3.75. The van der Waals surface area contributed by atoms with Gasteiger partial charge in [0, 0.05) is 23.2 Å². The van der Waals surface area contributed by atoms with Gasteiger partial charge in [0.15, 0.2) is 0 Å². The number of anilines is 1. The van der Waals surface area contributed by atoms with E-state index < -0.39 is 6.36 Å². The zero-order valence-corrected chi connectivity index (χ0v) is 15.8. The van der Waals surface area contributed by atoms with Crippen LogP contribution in [0.5, 0.6) is 5.75 Å². The van der Waals surface area contributed by atoms with Gasteiger partial charge < -0.3 is 15.0 Å². The number of nitrogens with zero attached hydrogens (tertiary/aromatic N) is 2. The number of hydrogen-bond acceptors (Lipinski definition) is 4. The summed E-state index contributed by atoms with van der Waals surface area (Å²) in [6, 6.07) is 16.5. The fraction of sp³-hybridized carbons (Fsp3) is 0.143. The molecule has 2 heterocycles. The Balaban J connectivity index is 1.56. The number of pyridine rings is 1. The second-order valence-electron chi connectivity index (χ2n) is 6.64. The number of aryl methyl sites for hydroxylation is 1. The van der Waals surface area contributed by atoms with Gasteiger partial charge in [-0.15, -0.1) is 13.2 Å². The molecule has 0 bridgehead atoms. The van der Waals surface area contributed by atoms with Crippen LogP contribution in [0.3, 0.4) is 0 Å². The first kappa shape index (κ1) is 19.6. The van der Waals surface area contributed by atoms with Gasteiger partial charge in [0.2, 0.25) is 0 Å². The van der Waals surface area contributed by atoms with Crippen LogP contribution in [0.25, 0.3) is 16.7 Å². The van der Waals surface area contributed by atoms with Crippen molar-refractivity contribution in [1.29, 1.82) is 0 Å². The molecule has 0 spiro atoms. The van der Waals surface area contributed by atoms with Crippen LogP contribution < -0.4 is 15.6 Å². The quantitative estimate of drug-likeness (QED) is 0.503. The molecular weight excluding hydrogens is 397 g/mol. The summed E-state index contributed by atoms with van der Waals surface area (Å²) < 4.78 is 42.3. The van der Waals surface area contributed by atoms with Crippen LogP contribution in [0.15, 0.2) is 65.5 Å². The third-order valence-corrected chi connectivity index (χ3v) is 4.52. The van der Waals surface area contributed by atoms with Crippen molar-refractivity contribution in [3.8, 4) is 11.4 Å². The summed E-state index contributed by atoms with van der Waals surface area (Å²) in [7, 11) is 0. The number of aromatic nitrogens is 3. The van der Waals surface area contributed by atoms with Gasteiger partial charge in [-0.3, -0.25) is 4.79 Å². The average Bonchev–Trinajstić information content (AvgIpc) is 3.02. The predicted molar refractivity (Wildman–Crippen MR) is 107 cm³/mol. The molecule has 4 rings (SSSR count). The molecule has 154 valence electrons. The number of alkyl halides is 3. The van der Waals surface area contributed by atoms with Crippen molar-refractivity contribution >= 4 is 16.7 Å². The molecule has 0 unspecified atom stereocenters. The average molecular weight is 414 g/mol. The van der Waals surface area contributed by atoms with E-state index in [0.717, 1.165) is 16.8 Å². The number of aromatic amines is 1. The van der Waals surface area contributed by atoms with Gasteiger partial charge in [-0.1, -0.05) is 18.2 Å². The smallest absolute Gasteiger partial charge is 0.406 e. The van der Waals surface area contributed by atoms with Gasteiger partial charge in [0.05, 0.1) is 11.4 Å². The monoisotopic (exact) mass is 414 g/mol. The van der Waals surface area contributed by atoms with E-state index in [4.69, 9.17) is 0 Å². The second-order valence-corrected chi connectivity index (χ2v) is 6.64. The van der Waals surface area contributed by atoms with E-state index >= 15 is 0 Å². The van der Waals surface area contributed by atoms with Crippen molar-refractivity contribution in [1.82, 2.24) is 14.8 Å². The molecule has 6 nitrogen and oxygen atoms in total. The first-order chi connectivity index (χ1) is 14.3. The van der Waals surface area contributed by atoms with E-state index in [-0.39, 0.29) is 17.9 Å². The van der Waals surface area contributed by atoms with Crippen LogP contribution in [-0.2, 0) is 6.54 Å². The lowest BCUT2D eigenvalue weighted by Gasteiger charge is -2.10. The maximum atomic E-state index is 12.6. The molecule has 2 aromatic heterocycles. The lowest BCUT2D eigenvalue weighted by Crippen LogP contribution is -2.17. The van der Waals surface area contributed by atoms with E-state index in [1.807, 2.05) is 37.3 Å². The molecule has 4 aromatic rings. The molecule has 0 fully saturated rings. The zero-order chi connectivity index (χ0) is 21.3. The fourth-order valence-electron chi connectivity index (χ4n) is 3.12. The van der Waals surface area contributed by atoms with Gasteiger partial charge >= 0.3 is 6.36 Å². The maximum Gasteiger partial charge on any atom is 0.573 e. The summed E-state index contributed by atoms with van der Waals surface area (Å²) in [6.45, 7) is 2.05. The Morgan fingerprint density at radius 3 is 2.47 bits per heavy atom. The van der Waals surface area contributed by atoms with E-state index in [0.29, 0.717) is 16.9 Å². The summed E-state index contributed by atoms with van der Waals surface area (Å²) in [4.78, 5) is 15.5. The molecule has 2 aromatic carbocycles. The van der Waals surface area contributed by atoms with Gasteiger partial charge in [-0.05, 0) is 49.4 Å². The highest BCUT2D eigenvalue weighted by molar-refractivity contribution is 5.80. The normalized spacial score (nSPS) is 11.6. The Bertz CT molecular complexity index is 1230. The van der Waals surface area contributed by atoms with Crippen LogP contribution in [0.1, 0.15) is 11.3 Å². The van der Waals surface area contributed by atoms with Gasteiger partial charge in [0.25, 0.3) is 5.56 Å². The Labute approximate surface area is 168 Å². The molecule has 0 atom stereocenters. The second kappa shape index (κ2) is 7.58. The number of fused-ring (bicyclic) bond motifs is 1. The van der Waals surface area contributed by atoms with E-state index in [1.165, 1.54) is 24.3 Å². The van der Waals surface area contributed by atoms with E-state index in [9.17, 15) is 18.0 Å². The number of benzene rings is 2. The summed E-state index contributed by atoms with van der Waals surface area (Å²) in [6.07, 6.45) is -4.74. The number of rotatable bonds is 5. The Kier molecular flexibility index (Phi) is 4.94. The van der Waals surface area contributed by atoms with Crippen molar-refractivity contribution in [3.05, 3.63) is 82.3 Å². The van der Waals surface area contributed by atoms with Crippen molar-refractivity contribution in [2.75, 3.05) is 5.32 Å². The predicted octanol–water partition coefficient (Wildman–Crippen LogP) is 4.53. The lowest BCUT2D eigenvalue weighted by atomic mass is 10.2. The largest absolute Gasteiger partial charge is 0.573 e. The molecule has 0 amide bonds. The number of para-hydroxylation sites is 1. The minimum Gasteiger partial charge on any atom is -0.406 e. The highest BCUT2D eigenvalue weighted by Crippen LogP contribution is 2.24. The molecule has 2 N–H and O–H groups in total. The first-order valence-electron chi connectivity index (χ1n) is 9.07. The minimum absolute atomic E-state index is 0.195. The summed E-state index contributed by atoms with van der Waals surface area (Å²) in [5.74, 6) is -0.309. The van der Waals surface area contributed by atoms with E-state index in [2.05, 4.69) is 20.1 Å². The highest BCUT2D eigenvalue weighted by atomic mass is 19.4. The van der Waals surface area contributed by atoms with Crippen LogP contribution in [0, 0.1) is 6.92 Å². The molecule has 30 heavy (non-hydrogen) atoms. The van der Waals surface area contributed by atoms with Crippen molar-refractivity contribution in [2.24, 2.45) is 0 Å². The number of hydrogen-bond donors (Lipinski definition) is 2. The minimum atomic E-state index is -4.74. The maximum absolute atomic E-state index is 12.6. The molecule has 0 aliphatic heterocycles. The summed E-state index contributed by atoms with van der Waals surface area (Å²) in [5, 5.41) is 8.36. The highest BCUT2D eigenvalue weighted by Gasteiger charge is 2.30. The molecule has 0 aliphatic carbocycles. The number of ether oxygens (including phenoxy) is 1. The van der Waals surface area contributed by atoms with E-state index in [1.54, 1.807) is 10.7 Å². The Morgan fingerprint density at radius 1 is 1.10 bits per heavy atom.